The van der Waals surface area contributed by atoms with Crippen LogP contribution in [0.2, 0.25) is 0 Å². The maximum absolute atomic E-state index is 3.48. The molecule has 80 valence electrons. The Balaban J connectivity index is 3.06. The lowest BCUT2D eigenvalue weighted by molar-refractivity contribution is 0.437. The summed E-state index contributed by atoms with van der Waals surface area (Å²) in [6.45, 7) is 3.55. The van der Waals surface area contributed by atoms with Gasteiger partial charge in [-0.05, 0) is 38.6 Å². The Hall–Kier alpha value is 0.790. The topological polar surface area (TPSA) is 3.24 Å². The van der Waals surface area contributed by atoms with E-state index in [0.29, 0.717) is 0 Å². The molecule has 13 heavy (non-hydrogen) atoms. The van der Waals surface area contributed by atoms with Crippen molar-refractivity contribution in [2.45, 2.75) is 19.8 Å². The fourth-order valence-electron chi connectivity index (χ4n) is 0.964. The van der Waals surface area contributed by atoms with Gasteiger partial charge >= 0.3 is 0 Å². The lowest BCUT2D eigenvalue weighted by Gasteiger charge is -2.10. The normalized spacial score (nSPS) is 13.6. The largest absolute Gasteiger partial charge is 0.309 e. The summed E-state index contributed by atoms with van der Waals surface area (Å²) in [4.78, 5) is 2.24. The van der Waals surface area contributed by atoms with Crippen molar-refractivity contribution in [1.29, 1.82) is 0 Å². The molecule has 0 rings (SSSR count). The van der Waals surface area contributed by atoms with Crippen molar-refractivity contribution in [3.05, 3.63) is 0 Å². The van der Waals surface area contributed by atoms with E-state index in [1.807, 2.05) is 0 Å². The van der Waals surface area contributed by atoms with Crippen molar-refractivity contribution in [3.63, 3.8) is 0 Å². The first-order valence-electron chi connectivity index (χ1n) is 4.95. The van der Waals surface area contributed by atoms with Crippen molar-refractivity contribution in [2.24, 2.45) is 5.92 Å². The van der Waals surface area contributed by atoms with Crippen LogP contribution < -0.4 is 0 Å². The third kappa shape index (κ3) is 10.7. The Labute approximate surface area is 95.8 Å². The summed E-state index contributed by atoms with van der Waals surface area (Å²) in [5.41, 5.74) is 0. The molecule has 0 aliphatic carbocycles. The molecule has 0 aromatic heterocycles. The zero-order chi connectivity index (χ0) is 10.1. The number of nitrogens with zero attached hydrogens (tertiary/aromatic N) is 1. The SMILES string of the molecule is CC(CCBr)CCSCCN(C)C. The number of hydrogen-bond donors (Lipinski definition) is 0. The van der Waals surface area contributed by atoms with E-state index >= 15 is 0 Å². The monoisotopic (exact) mass is 267 g/mol. The summed E-state index contributed by atoms with van der Waals surface area (Å²) in [6, 6.07) is 0. The van der Waals surface area contributed by atoms with Crippen LogP contribution in [-0.2, 0) is 0 Å². The number of rotatable bonds is 8. The molecule has 0 saturated carbocycles. The Bertz CT molecular complexity index is 109. The second-order valence-corrected chi connectivity index (χ2v) is 5.80. The molecule has 0 spiro atoms. The van der Waals surface area contributed by atoms with Gasteiger partial charge in [-0.3, -0.25) is 0 Å². The van der Waals surface area contributed by atoms with Crippen LogP contribution in [0.5, 0.6) is 0 Å². The van der Waals surface area contributed by atoms with E-state index < -0.39 is 0 Å². The molecule has 1 nitrogen and oxygen atoms in total. The predicted octanol–water partition coefficient (Wildman–Crippen LogP) is 3.09. The minimum absolute atomic E-state index is 0.881. The average molecular weight is 268 g/mol. The molecule has 0 bridgehead atoms. The van der Waals surface area contributed by atoms with Crippen LogP contribution in [0.3, 0.4) is 0 Å². The van der Waals surface area contributed by atoms with E-state index in [-0.39, 0.29) is 0 Å². The lowest BCUT2D eigenvalue weighted by atomic mass is 10.1. The van der Waals surface area contributed by atoms with Crippen molar-refractivity contribution >= 4 is 27.7 Å². The van der Waals surface area contributed by atoms with Crippen molar-refractivity contribution in [1.82, 2.24) is 4.90 Å². The van der Waals surface area contributed by atoms with Gasteiger partial charge in [-0.2, -0.15) is 11.8 Å². The van der Waals surface area contributed by atoms with Gasteiger partial charge in [0.15, 0.2) is 0 Å². The molecule has 0 aromatic rings. The standard InChI is InChI=1S/C10H22BrNS/c1-10(4-6-11)5-8-13-9-7-12(2)3/h10H,4-9H2,1-3H3. The van der Waals surface area contributed by atoms with Gasteiger partial charge in [-0.25, -0.2) is 0 Å². The van der Waals surface area contributed by atoms with E-state index in [2.05, 4.69) is 53.6 Å². The van der Waals surface area contributed by atoms with Gasteiger partial charge in [-0.15, -0.1) is 0 Å². The summed E-state index contributed by atoms with van der Waals surface area (Å²) in [5.74, 6) is 3.47. The molecule has 0 aliphatic heterocycles. The maximum atomic E-state index is 3.48. The van der Waals surface area contributed by atoms with E-state index in [9.17, 15) is 0 Å². The van der Waals surface area contributed by atoms with E-state index in [0.717, 1.165) is 11.2 Å². The quantitative estimate of drug-likeness (QED) is 0.491. The molecule has 1 unspecified atom stereocenters. The highest BCUT2D eigenvalue weighted by molar-refractivity contribution is 9.09. The van der Waals surface area contributed by atoms with E-state index in [4.69, 9.17) is 0 Å². The van der Waals surface area contributed by atoms with Gasteiger partial charge < -0.3 is 4.90 Å². The minimum Gasteiger partial charge on any atom is -0.309 e. The molecule has 0 radical (unpaired) electrons. The second-order valence-electron chi connectivity index (χ2n) is 3.79. The van der Waals surface area contributed by atoms with Crippen molar-refractivity contribution in [3.8, 4) is 0 Å². The molecule has 0 aromatic carbocycles. The summed E-state index contributed by atoms with van der Waals surface area (Å²) in [6.07, 6.45) is 2.68. The van der Waals surface area contributed by atoms with Crippen molar-refractivity contribution < 1.29 is 0 Å². The molecule has 0 fully saturated rings. The Morgan fingerprint density at radius 2 is 1.92 bits per heavy atom. The van der Waals surface area contributed by atoms with Gasteiger partial charge in [0.05, 0.1) is 0 Å². The Morgan fingerprint density at radius 1 is 1.23 bits per heavy atom. The highest BCUT2D eigenvalue weighted by Gasteiger charge is 2.00. The summed E-state index contributed by atoms with van der Waals surface area (Å²) < 4.78 is 0. The molecule has 0 heterocycles. The van der Waals surface area contributed by atoms with Crippen molar-refractivity contribution in [2.75, 3.05) is 37.5 Å². The first-order chi connectivity index (χ1) is 6.16. The maximum Gasteiger partial charge on any atom is 0.00662 e. The van der Waals surface area contributed by atoms with Gasteiger partial charge in [0, 0.05) is 17.6 Å². The molecule has 0 aliphatic rings. The number of alkyl halides is 1. The van der Waals surface area contributed by atoms with E-state index in [1.165, 1.54) is 30.9 Å². The highest BCUT2D eigenvalue weighted by Crippen LogP contribution is 2.13. The first kappa shape index (κ1) is 13.8. The van der Waals surface area contributed by atoms with Crippen LogP contribution in [0.15, 0.2) is 0 Å². The summed E-state index contributed by atoms with van der Waals surface area (Å²) >= 11 is 5.56. The fourth-order valence-corrected chi connectivity index (χ4v) is 3.01. The smallest absolute Gasteiger partial charge is 0.00662 e. The molecule has 0 amide bonds. The zero-order valence-electron chi connectivity index (χ0n) is 9.05. The first-order valence-corrected chi connectivity index (χ1v) is 7.23. The van der Waals surface area contributed by atoms with E-state index in [1.54, 1.807) is 0 Å². The van der Waals surface area contributed by atoms with Crippen LogP contribution >= 0.6 is 27.7 Å². The van der Waals surface area contributed by atoms with Crippen LogP contribution in [0.25, 0.3) is 0 Å². The third-order valence-corrected chi connectivity index (χ3v) is 3.49. The third-order valence-electron chi connectivity index (χ3n) is 2.04. The zero-order valence-corrected chi connectivity index (χ0v) is 11.5. The summed E-state index contributed by atoms with van der Waals surface area (Å²) in [5, 5.41) is 1.15. The van der Waals surface area contributed by atoms with Crippen LogP contribution in [0.1, 0.15) is 19.8 Å². The van der Waals surface area contributed by atoms with Gasteiger partial charge in [0.2, 0.25) is 0 Å². The van der Waals surface area contributed by atoms with Gasteiger partial charge in [-0.1, -0.05) is 22.9 Å². The number of hydrogen-bond acceptors (Lipinski definition) is 2. The van der Waals surface area contributed by atoms with Gasteiger partial charge in [0.25, 0.3) is 0 Å². The molecule has 0 N–H and O–H groups in total. The van der Waals surface area contributed by atoms with Crippen LogP contribution in [0.4, 0.5) is 0 Å². The molecule has 1 atom stereocenters. The molecule has 3 heteroatoms. The second kappa shape index (κ2) is 9.35. The number of thioether (sulfide) groups is 1. The summed E-state index contributed by atoms with van der Waals surface area (Å²) in [7, 11) is 4.27. The predicted molar refractivity (Wildman–Crippen MR) is 68.1 cm³/mol. The van der Waals surface area contributed by atoms with Gasteiger partial charge in [0.1, 0.15) is 0 Å². The van der Waals surface area contributed by atoms with Crippen LogP contribution in [0, 0.1) is 5.92 Å². The lowest BCUT2D eigenvalue weighted by Crippen LogP contribution is -2.15. The Kier molecular flexibility index (Phi) is 9.92. The molecular formula is C10H22BrNS. The molecule has 0 saturated heterocycles. The van der Waals surface area contributed by atoms with Crippen LogP contribution in [-0.4, -0.2) is 42.4 Å². The number of halogens is 1. The highest BCUT2D eigenvalue weighted by atomic mass is 79.9. The molecular weight excluding hydrogens is 246 g/mol. The fraction of sp³-hybridized carbons (Fsp3) is 1.00. The average Bonchev–Trinajstić information content (AvgIpc) is 2.03. The minimum atomic E-state index is 0.881. The Morgan fingerprint density at radius 3 is 2.46 bits per heavy atom.